The lowest BCUT2D eigenvalue weighted by molar-refractivity contribution is 0.794. The topological polar surface area (TPSA) is 64.1 Å². The normalized spacial score (nSPS) is 10.1. The fraction of sp³-hybridized carbons (Fsp3) is 0.417. The minimum atomic E-state index is 0.274. The molecule has 4 heteroatoms. The molecule has 0 bridgehead atoms. The van der Waals surface area contributed by atoms with Crippen LogP contribution in [0.15, 0.2) is 18.2 Å². The van der Waals surface area contributed by atoms with Gasteiger partial charge in [-0.1, -0.05) is 25.5 Å². The fourth-order valence-electron chi connectivity index (χ4n) is 1.61. The van der Waals surface area contributed by atoms with Crippen LogP contribution in [-0.2, 0) is 13.0 Å². The predicted octanol–water partition coefficient (Wildman–Crippen LogP) is 2.14. The summed E-state index contributed by atoms with van der Waals surface area (Å²) in [6, 6.07) is 6.21. The highest BCUT2D eigenvalue weighted by atomic mass is 32.1. The zero-order valence-electron chi connectivity index (χ0n) is 9.62. The predicted molar refractivity (Wildman–Crippen MR) is 73.4 cm³/mol. The molecular formula is C12H19N3S. The third-order valence-electron chi connectivity index (χ3n) is 2.47. The van der Waals surface area contributed by atoms with Crippen LogP contribution in [0.25, 0.3) is 0 Å². The van der Waals surface area contributed by atoms with Gasteiger partial charge in [-0.05, 0) is 42.3 Å². The Balaban J connectivity index is 2.83. The van der Waals surface area contributed by atoms with Gasteiger partial charge in [0.25, 0.3) is 0 Å². The van der Waals surface area contributed by atoms with E-state index < -0.39 is 0 Å². The first-order valence-electron chi connectivity index (χ1n) is 5.55. The van der Waals surface area contributed by atoms with Gasteiger partial charge < -0.3 is 16.8 Å². The van der Waals surface area contributed by atoms with E-state index >= 15 is 0 Å². The van der Waals surface area contributed by atoms with Gasteiger partial charge in [-0.3, -0.25) is 0 Å². The smallest absolute Gasteiger partial charge is 0.168 e. The molecule has 3 nitrogen and oxygen atoms in total. The second kappa shape index (κ2) is 6.45. The molecule has 0 aromatic heterocycles. The summed E-state index contributed by atoms with van der Waals surface area (Å²) in [7, 11) is 0. The molecule has 0 saturated carbocycles. The highest BCUT2D eigenvalue weighted by molar-refractivity contribution is 7.80. The van der Waals surface area contributed by atoms with E-state index in [0.29, 0.717) is 6.54 Å². The molecule has 0 spiro atoms. The van der Waals surface area contributed by atoms with Gasteiger partial charge in [0.1, 0.15) is 0 Å². The van der Waals surface area contributed by atoms with Crippen LogP contribution in [0.3, 0.4) is 0 Å². The molecule has 88 valence electrons. The highest BCUT2D eigenvalue weighted by Crippen LogP contribution is 2.18. The van der Waals surface area contributed by atoms with Gasteiger partial charge in [0.2, 0.25) is 0 Å². The van der Waals surface area contributed by atoms with Crippen LogP contribution in [0.2, 0.25) is 0 Å². The number of hydrogen-bond donors (Lipinski definition) is 3. The minimum absolute atomic E-state index is 0.274. The second-order valence-electron chi connectivity index (χ2n) is 3.79. The third-order valence-corrected chi connectivity index (χ3v) is 2.57. The monoisotopic (exact) mass is 237 g/mol. The number of benzene rings is 1. The summed E-state index contributed by atoms with van der Waals surface area (Å²) < 4.78 is 0. The largest absolute Gasteiger partial charge is 0.376 e. The lowest BCUT2D eigenvalue weighted by Crippen LogP contribution is -2.20. The van der Waals surface area contributed by atoms with Crippen molar-refractivity contribution in [2.75, 3.05) is 5.32 Å². The maximum Gasteiger partial charge on any atom is 0.168 e. The number of anilines is 1. The lowest BCUT2D eigenvalue weighted by Gasteiger charge is -2.11. The number of aryl methyl sites for hydroxylation is 1. The van der Waals surface area contributed by atoms with E-state index in [1.54, 1.807) is 0 Å². The molecule has 1 aromatic rings. The molecule has 1 aromatic carbocycles. The van der Waals surface area contributed by atoms with Crippen LogP contribution in [0.5, 0.6) is 0 Å². The molecule has 1 rings (SSSR count). The lowest BCUT2D eigenvalue weighted by atomic mass is 10.0. The SMILES string of the molecule is CCCCc1ccc(NC(N)=S)c(CN)c1. The molecule has 0 atom stereocenters. The minimum Gasteiger partial charge on any atom is -0.376 e. The van der Waals surface area contributed by atoms with E-state index in [1.165, 1.54) is 18.4 Å². The first kappa shape index (κ1) is 12.9. The maximum absolute atomic E-state index is 5.70. The molecule has 0 unspecified atom stereocenters. The zero-order valence-corrected chi connectivity index (χ0v) is 10.4. The van der Waals surface area contributed by atoms with Crippen molar-refractivity contribution < 1.29 is 0 Å². The summed E-state index contributed by atoms with van der Waals surface area (Å²) >= 11 is 4.81. The van der Waals surface area contributed by atoms with Crippen molar-refractivity contribution in [1.29, 1.82) is 0 Å². The summed E-state index contributed by atoms with van der Waals surface area (Å²) in [5, 5.41) is 3.21. The van der Waals surface area contributed by atoms with Gasteiger partial charge in [0, 0.05) is 12.2 Å². The molecule has 0 aliphatic heterocycles. The molecule has 0 radical (unpaired) electrons. The summed E-state index contributed by atoms with van der Waals surface area (Å²) in [4.78, 5) is 0. The molecule has 0 aliphatic rings. The van der Waals surface area contributed by atoms with Crippen LogP contribution >= 0.6 is 12.2 Å². The van der Waals surface area contributed by atoms with Crippen LogP contribution in [-0.4, -0.2) is 5.11 Å². The van der Waals surface area contributed by atoms with E-state index in [1.807, 2.05) is 6.07 Å². The third kappa shape index (κ3) is 3.79. The van der Waals surface area contributed by atoms with Crippen LogP contribution in [0.1, 0.15) is 30.9 Å². The number of thiocarbonyl (C=S) groups is 1. The van der Waals surface area contributed by atoms with E-state index in [-0.39, 0.29) is 5.11 Å². The molecule has 0 aliphatic carbocycles. The van der Waals surface area contributed by atoms with Crippen molar-refractivity contribution >= 4 is 23.0 Å². The molecule has 0 saturated heterocycles. The zero-order chi connectivity index (χ0) is 12.0. The average molecular weight is 237 g/mol. The van der Waals surface area contributed by atoms with Crippen LogP contribution < -0.4 is 16.8 Å². The molecule has 0 fully saturated rings. The maximum atomic E-state index is 5.70. The van der Waals surface area contributed by atoms with Crippen LogP contribution in [0.4, 0.5) is 5.69 Å². The summed E-state index contributed by atoms with van der Waals surface area (Å²) in [6.45, 7) is 2.68. The second-order valence-corrected chi connectivity index (χ2v) is 4.23. The first-order chi connectivity index (χ1) is 7.67. The van der Waals surface area contributed by atoms with E-state index in [0.717, 1.165) is 17.7 Å². The van der Waals surface area contributed by atoms with E-state index in [2.05, 4.69) is 24.4 Å². The molecule has 5 N–H and O–H groups in total. The Hall–Kier alpha value is -1.13. The van der Waals surface area contributed by atoms with Gasteiger partial charge in [-0.2, -0.15) is 0 Å². The van der Waals surface area contributed by atoms with Crippen molar-refractivity contribution in [1.82, 2.24) is 0 Å². The number of nitrogens with one attached hydrogen (secondary N) is 1. The molecule has 0 heterocycles. The first-order valence-corrected chi connectivity index (χ1v) is 5.96. The highest BCUT2D eigenvalue weighted by Gasteiger charge is 2.03. The number of unbranched alkanes of at least 4 members (excludes halogenated alkanes) is 1. The Morgan fingerprint density at radius 1 is 1.44 bits per heavy atom. The van der Waals surface area contributed by atoms with Gasteiger partial charge in [0.05, 0.1) is 0 Å². The van der Waals surface area contributed by atoms with Crippen molar-refractivity contribution in [2.24, 2.45) is 11.5 Å². The van der Waals surface area contributed by atoms with Crippen molar-refractivity contribution in [3.05, 3.63) is 29.3 Å². The van der Waals surface area contributed by atoms with Gasteiger partial charge >= 0.3 is 0 Å². The summed E-state index contributed by atoms with van der Waals surface area (Å²) in [5.74, 6) is 0. The summed E-state index contributed by atoms with van der Waals surface area (Å²) in [6.07, 6.45) is 3.49. The Morgan fingerprint density at radius 2 is 2.19 bits per heavy atom. The molecular weight excluding hydrogens is 218 g/mol. The standard InChI is InChI=1S/C12H19N3S/c1-2-3-4-9-5-6-11(15-12(14)16)10(7-9)8-13/h5-7H,2-4,8,13H2,1H3,(H3,14,15,16). The van der Waals surface area contributed by atoms with Crippen molar-refractivity contribution in [3.8, 4) is 0 Å². The number of hydrogen-bond acceptors (Lipinski definition) is 2. The Bertz CT molecular complexity index is 363. The average Bonchev–Trinajstić information content (AvgIpc) is 2.27. The van der Waals surface area contributed by atoms with Crippen molar-refractivity contribution in [2.45, 2.75) is 32.7 Å². The van der Waals surface area contributed by atoms with Gasteiger partial charge in [0.15, 0.2) is 5.11 Å². The van der Waals surface area contributed by atoms with Crippen molar-refractivity contribution in [3.63, 3.8) is 0 Å². The van der Waals surface area contributed by atoms with Gasteiger partial charge in [-0.15, -0.1) is 0 Å². The summed E-state index contributed by atoms with van der Waals surface area (Å²) in [5.41, 5.74) is 14.4. The molecule has 16 heavy (non-hydrogen) atoms. The number of rotatable bonds is 5. The Labute approximate surface area is 102 Å². The Kier molecular flexibility index (Phi) is 5.22. The fourth-order valence-corrected chi connectivity index (χ4v) is 1.72. The van der Waals surface area contributed by atoms with Gasteiger partial charge in [-0.25, -0.2) is 0 Å². The Morgan fingerprint density at radius 3 is 2.75 bits per heavy atom. The quantitative estimate of drug-likeness (QED) is 0.687. The number of nitrogens with two attached hydrogens (primary N) is 2. The van der Waals surface area contributed by atoms with Crippen LogP contribution in [0, 0.1) is 0 Å². The van der Waals surface area contributed by atoms with E-state index in [4.69, 9.17) is 23.7 Å². The molecule has 0 amide bonds. The van der Waals surface area contributed by atoms with E-state index in [9.17, 15) is 0 Å².